The molecule has 86 valence electrons. The normalized spacial score (nSPS) is 21.4. The number of benzene rings is 1. The van der Waals surface area contributed by atoms with Crippen LogP contribution in [0.25, 0.3) is 0 Å². The van der Waals surface area contributed by atoms with Crippen LogP contribution >= 0.6 is 0 Å². The lowest BCUT2D eigenvalue weighted by Gasteiger charge is -2.17. The zero-order valence-corrected chi connectivity index (χ0v) is 10.0. The van der Waals surface area contributed by atoms with Gasteiger partial charge in [0, 0.05) is 13.0 Å². The van der Waals surface area contributed by atoms with Crippen molar-refractivity contribution in [3.05, 3.63) is 34.9 Å². The van der Waals surface area contributed by atoms with E-state index >= 15 is 0 Å². The van der Waals surface area contributed by atoms with E-state index in [1.165, 1.54) is 16.7 Å². The molecule has 2 rings (SSSR count). The Balaban J connectivity index is 2.28. The minimum absolute atomic E-state index is 0.198. The average molecular weight is 217 g/mol. The fourth-order valence-electron chi connectivity index (χ4n) is 2.46. The molecule has 1 fully saturated rings. The number of nitrogens with one attached hydrogen (secondary N) is 1. The van der Waals surface area contributed by atoms with Gasteiger partial charge in [0.25, 0.3) is 0 Å². The number of carbonyl (C=O) groups is 1. The number of hydrogen-bond donors (Lipinski definition) is 1. The summed E-state index contributed by atoms with van der Waals surface area (Å²) in [5.74, 6) is 0.603. The molecule has 1 amide bonds. The predicted molar refractivity (Wildman–Crippen MR) is 65.5 cm³/mol. The average Bonchev–Trinajstić information content (AvgIpc) is 2.47. The first-order chi connectivity index (χ1) is 7.68. The SMILES string of the molecule is Cc1cccc(C2CCCNC(=O)C2)c1C. The van der Waals surface area contributed by atoms with Gasteiger partial charge in [-0.1, -0.05) is 18.2 Å². The lowest BCUT2D eigenvalue weighted by atomic mass is 9.87. The van der Waals surface area contributed by atoms with Crippen molar-refractivity contribution in [2.75, 3.05) is 6.54 Å². The van der Waals surface area contributed by atoms with Gasteiger partial charge in [-0.25, -0.2) is 0 Å². The highest BCUT2D eigenvalue weighted by atomic mass is 16.1. The van der Waals surface area contributed by atoms with Crippen molar-refractivity contribution in [1.29, 1.82) is 0 Å². The van der Waals surface area contributed by atoms with Gasteiger partial charge in [-0.3, -0.25) is 4.79 Å². The van der Waals surface area contributed by atoms with Crippen molar-refractivity contribution in [1.82, 2.24) is 5.32 Å². The zero-order valence-electron chi connectivity index (χ0n) is 10.0. The van der Waals surface area contributed by atoms with E-state index in [1.54, 1.807) is 0 Å². The molecule has 0 radical (unpaired) electrons. The van der Waals surface area contributed by atoms with Gasteiger partial charge in [0.05, 0.1) is 0 Å². The molecule has 0 bridgehead atoms. The Morgan fingerprint density at radius 2 is 2.12 bits per heavy atom. The van der Waals surface area contributed by atoms with Crippen LogP contribution in [0.4, 0.5) is 0 Å². The van der Waals surface area contributed by atoms with Gasteiger partial charge in [-0.2, -0.15) is 0 Å². The standard InChI is InChI=1S/C14H19NO/c1-10-5-3-7-13(11(10)2)12-6-4-8-15-14(16)9-12/h3,5,7,12H,4,6,8-9H2,1-2H3,(H,15,16). The quantitative estimate of drug-likeness (QED) is 0.770. The Morgan fingerprint density at radius 3 is 2.94 bits per heavy atom. The number of rotatable bonds is 1. The van der Waals surface area contributed by atoms with Crippen LogP contribution in [0.2, 0.25) is 0 Å². The van der Waals surface area contributed by atoms with E-state index in [0.29, 0.717) is 12.3 Å². The van der Waals surface area contributed by atoms with E-state index in [-0.39, 0.29) is 5.91 Å². The third kappa shape index (κ3) is 2.26. The van der Waals surface area contributed by atoms with Crippen LogP contribution < -0.4 is 5.32 Å². The Bertz CT molecular complexity index is 398. The molecule has 1 unspecified atom stereocenters. The molecular formula is C14H19NO. The second kappa shape index (κ2) is 4.69. The van der Waals surface area contributed by atoms with E-state index in [0.717, 1.165) is 19.4 Å². The van der Waals surface area contributed by atoms with Crippen molar-refractivity contribution in [3.8, 4) is 0 Å². The summed E-state index contributed by atoms with van der Waals surface area (Å²) >= 11 is 0. The van der Waals surface area contributed by atoms with Crippen LogP contribution in [0.3, 0.4) is 0 Å². The molecular weight excluding hydrogens is 198 g/mol. The minimum Gasteiger partial charge on any atom is -0.356 e. The highest BCUT2D eigenvalue weighted by Gasteiger charge is 2.20. The fraction of sp³-hybridized carbons (Fsp3) is 0.500. The Labute approximate surface area is 97.1 Å². The fourth-order valence-corrected chi connectivity index (χ4v) is 2.46. The third-order valence-corrected chi connectivity index (χ3v) is 3.57. The maximum atomic E-state index is 11.6. The van der Waals surface area contributed by atoms with E-state index in [1.807, 2.05) is 0 Å². The first kappa shape index (κ1) is 11.2. The van der Waals surface area contributed by atoms with Crippen molar-refractivity contribution in [2.45, 2.75) is 39.0 Å². The lowest BCUT2D eigenvalue weighted by Crippen LogP contribution is -2.22. The number of carbonyl (C=O) groups excluding carboxylic acids is 1. The van der Waals surface area contributed by atoms with Gasteiger partial charge < -0.3 is 5.32 Å². The van der Waals surface area contributed by atoms with E-state index in [4.69, 9.17) is 0 Å². The molecule has 1 heterocycles. The van der Waals surface area contributed by atoms with Crippen molar-refractivity contribution in [2.24, 2.45) is 0 Å². The summed E-state index contributed by atoms with van der Waals surface area (Å²) in [4.78, 5) is 11.6. The number of amides is 1. The van der Waals surface area contributed by atoms with Gasteiger partial charge >= 0.3 is 0 Å². The largest absolute Gasteiger partial charge is 0.356 e. The second-order valence-corrected chi connectivity index (χ2v) is 4.68. The lowest BCUT2D eigenvalue weighted by molar-refractivity contribution is -0.121. The molecule has 1 aliphatic rings. The van der Waals surface area contributed by atoms with Gasteiger partial charge in [-0.05, 0) is 49.3 Å². The second-order valence-electron chi connectivity index (χ2n) is 4.68. The van der Waals surface area contributed by atoms with Crippen LogP contribution in [0, 0.1) is 13.8 Å². The topological polar surface area (TPSA) is 29.1 Å². The first-order valence-electron chi connectivity index (χ1n) is 6.01. The third-order valence-electron chi connectivity index (χ3n) is 3.57. The Kier molecular flexibility index (Phi) is 3.28. The van der Waals surface area contributed by atoms with Crippen LogP contribution in [0.15, 0.2) is 18.2 Å². The van der Waals surface area contributed by atoms with Crippen LogP contribution in [0.1, 0.15) is 41.9 Å². The Morgan fingerprint density at radius 1 is 1.31 bits per heavy atom. The van der Waals surface area contributed by atoms with Gasteiger partial charge in [0.2, 0.25) is 5.91 Å². The molecule has 1 N–H and O–H groups in total. The molecule has 16 heavy (non-hydrogen) atoms. The maximum Gasteiger partial charge on any atom is 0.220 e. The Hall–Kier alpha value is -1.31. The molecule has 1 aromatic rings. The summed E-state index contributed by atoms with van der Waals surface area (Å²) in [7, 11) is 0. The van der Waals surface area contributed by atoms with E-state index in [9.17, 15) is 4.79 Å². The molecule has 1 aromatic carbocycles. The molecule has 0 saturated carbocycles. The number of aryl methyl sites for hydroxylation is 1. The summed E-state index contributed by atoms with van der Waals surface area (Å²) in [6, 6.07) is 6.40. The summed E-state index contributed by atoms with van der Waals surface area (Å²) in [6.45, 7) is 5.13. The molecule has 1 aliphatic heterocycles. The van der Waals surface area contributed by atoms with E-state index in [2.05, 4.69) is 37.4 Å². The molecule has 2 nitrogen and oxygen atoms in total. The summed E-state index contributed by atoms with van der Waals surface area (Å²) in [6.07, 6.45) is 2.84. The van der Waals surface area contributed by atoms with Gasteiger partial charge in [0.15, 0.2) is 0 Å². The van der Waals surface area contributed by atoms with Crippen LogP contribution in [0.5, 0.6) is 0 Å². The van der Waals surface area contributed by atoms with Crippen LogP contribution in [-0.2, 0) is 4.79 Å². The smallest absolute Gasteiger partial charge is 0.220 e. The van der Waals surface area contributed by atoms with Crippen molar-refractivity contribution >= 4 is 5.91 Å². The van der Waals surface area contributed by atoms with Crippen molar-refractivity contribution in [3.63, 3.8) is 0 Å². The minimum atomic E-state index is 0.198. The van der Waals surface area contributed by atoms with E-state index < -0.39 is 0 Å². The predicted octanol–water partition coefficient (Wildman–Crippen LogP) is 2.69. The van der Waals surface area contributed by atoms with Crippen LogP contribution in [-0.4, -0.2) is 12.5 Å². The van der Waals surface area contributed by atoms with Gasteiger partial charge in [-0.15, -0.1) is 0 Å². The zero-order chi connectivity index (χ0) is 11.5. The first-order valence-corrected chi connectivity index (χ1v) is 6.01. The van der Waals surface area contributed by atoms with Crippen molar-refractivity contribution < 1.29 is 4.79 Å². The van der Waals surface area contributed by atoms with Gasteiger partial charge in [0.1, 0.15) is 0 Å². The summed E-state index contributed by atoms with van der Waals surface area (Å²) < 4.78 is 0. The molecule has 0 aromatic heterocycles. The maximum absolute atomic E-state index is 11.6. The summed E-state index contributed by atoms with van der Waals surface area (Å²) in [5, 5.41) is 2.94. The summed E-state index contributed by atoms with van der Waals surface area (Å²) in [5.41, 5.74) is 4.03. The molecule has 0 aliphatic carbocycles. The highest BCUT2D eigenvalue weighted by molar-refractivity contribution is 5.77. The monoisotopic (exact) mass is 217 g/mol. The molecule has 1 atom stereocenters. The molecule has 0 spiro atoms. The number of hydrogen-bond acceptors (Lipinski definition) is 1. The highest BCUT2D eigenvalue weighted by Crippen LogP contribution is 2.30. The molecule has 1 saturated heterocycles. The molecule has 2 heteroatoms.